The number of benzene rings is 1. The summed E-state index contributed by atoms with van der Waals surface area (Å²) in [7, 11) is 3.17. The van der Waals surface area contributed by atoms with Crippen LogP contribution >= 0.6 is 0 Å². The smallest absolute Gasteiger partial charge is 0.255 e. The minimum absolute atomic E-state index is 0.0268. The van der Waals surface area contributed by atoms with E-state index in [0.29, 0.717) is 16.9 Å². The number of hydrogen-bond donors (Lipinski definition) is 5. The second kappa shape index (κ2) is 7.56. The predicted octanol–water partition coefficient (Wildman–Crippen LogP) is 1.38. The molecule has 0 unspecified atom stereocenters. The fourth-order valence-electron chi connectivity index (χ4n) is 5.91. The molecule has 5 rings (SSSR count). The maximum absolute atomic E-state index is 13.6. The van der Waals surface area contributed by atoms with Crippen LogP contribution in [-0.2, 0) is 16.0 Å². The topological polar surface area (TPSA) is 175 Å². The van der Waals surface area contributed by atoms with E-state index < -0.39 is 58.0 Å². The minimum atomic E-state index is -2.65. The van der Waals surface area contributed by atoms with E-state index in [1.165, 1.54) is 17.2 Å². The highest BCUT2D eigenvalue weighted by atomic mass is 16.3. The van der Waals surface area contributed by atoms with E-state index in [1.807, 2.05) is 0 Å². The fourth-order valence-corrected chi connectivity index (χ4v) is 5.91. The Balaban J connectivity index is 1.74. The Hall–Kier alpha value is -3.89. The van der Waals surface area contributed by atoms with E-state index >= 15 is 0 Å². The van der Waals surface area contributed by atoms with Crippen molar-refractivity contribution in [2.24, 2.45) is 17.6 Å². The molecule has 3 aliphatic carbocycles. The molecule has 0 saturated carbocycles. The number of primary amides is 1. The molecule has 0 aliphatic heterocycles. The van der Waals surface area contributed by atoms with Gasteiger partial charge in [0.15, 0.2) is 11.4 Å². The maximum atomic E-state index is 13.6. The zero-order valence-electron chi connectivity index (χ0n) is 19.0. The minimum Gasteiger partial charge on any atom is -0.510 e. The summed E-state index contributed by atoms with van der Waals surface area (Å²) in [5, 5.41) is 44.2. The van der Waals surface area contributed by atoms with Gasteiger partial charge in [0.05, 0.1) is 17.9 Å². The number of amides is 1. The van der Waals surface area contributed by atoms with Gasteiger partial charge in [-0.05, 0) is 62.7 Å². The summed E-state index contributed by atoms with van der Waals surface area (Å²) in [5.74, 6) is -6.29. The molecular formula is C25H24N2O8. The van der Waals surface area contributed by atoms with Crippen LogP contribution in [0.1, 0.15) is 22.3 Å². The van der Waals surface area contributed by atoms with Gasteiger partial charge in [0.2, 0.25) is 5.78 Å². The largest absolute Gasteiger partial charge is 0.510 e. The van der Waals surface area contributed by atoms with Gasteiger partial charge in [-0.1, -0.05) is 0 Å². The number of aromatic hydroxyl groups is 1. The second-order valence-corrected chi connectivity index (χ2v) is 9.43. The molecule has 2 aromatic rings. The quantitative estimate of drug-likeness (QED) is 0.406. The van der Waals surface area contributed by atoms with Gasteiger partial charge in [0, 0.05) is 17.1 Å². The molecule has 1 heterocycles. The number of ketones is 2. The van der Waals surface area contributed by atoms with Crippen molar-refractivity contribution in [3.63, 3.8) is 0 Å². The molecular weight excluding hydrogens is 456 g/mol. The van der Waals surface area contributed by atoms with E-state index in [0.717, 1.165) is 0 Å². The Morgan fingerprint density at radius 1 is 1.17 bits per heavy atom. The predicted molar refractivity (Wildman–Crippen MR) is 121 cm³/mol. The summed E-state index contributed by atoms with van der Waals surface area (Å²) in [6.45, 7) is 0. The van der Waals surface area contributed by atoms with Crippen LogP contribution in [0.15, 0.2) is 57.6 Å². The summed E-state index contributed by atoms with van der Waals surface area (Å²) in [5.41, 5.74) is 2.70. The van der Waals surface area contributed by atoms with Gasteiger partial charge < -0.3 is 30.6 Å². The Kier molecular flexibility index (Phi) is 4.94. The highest BCUT2D eigenvalue weighted by molar-refractivity contribution is 6.24. The van der Waals surface area contributed by atoms with Crippen molar-refractivity contribution in [1.29, 1.82) is 0 Å². The van der Waals surface area contributed by atoms with E-state index in [4.69, 9.17) is 10.2 Å². The molecule has 1 aromatic carbocycles. The summed E-state index contributed by atoms with van der Waals surface area (Å²) < 4.78 is 5.50. The number of fused-ring (bicyclic) bond motifs is 3. The van der Waals surface area contributed by atoms with Crippen LogP contribution in [0.3, 0.4) is 0 Å². The second-order valence-electron chi connectivity index (χ2n) is 9.43. The Labute approximate surface area is 199 Å². The third kappa shape index (κ3) is 2.93. The lowest BCUT2D eigenvalue weighted by molar-refractivity contribution is -0.148. The first kappa shape index (κ1) is 22.9. The standard InChI is InChI=1S/C25H24N2O8/c1-27(2)19-13-9-10-8-12-11(15-4-3-7-35-15)5-6-14(28)17(12)20(29)16(10)22(31)25(13,34)23(32)18(21(19)30)24(26)33/h3-7,10,13,19,28,30-31,34H,8-9H2,1-2H3,(H2,26,33)/t10-,13-,19-,25-/m1/s1. The van der Waals surface area contributed by atoms with Gasteiger partial charge >= 0.3 is 0 Å². The first-order chi connectivity index (χ1) is 16.5. The molecule has 0 fully saturated rings. The summed E-state index contributed by atoms with van der Waals surface area (Å²) in [4.78, 5) is 40.4. The molecule has 0 saturated heterocycles. The normalized spacial score (nSPS) is 28.2. The molecule has 35 heavy (non-hydrogen) atoms. The summed E-state index contributed by atoms with van der Waals surface area (Å²) in [6.07, 6.45) is 1.70. The fraction of sp³-hybridized carbons (Fsp3) is 0.320. The molecule has 1 amide bonds. The molecule has 1 aromatic heterocycles. The molecule has 0 bridgehead atoms. The van der Waals surface area contributed by atoms with Crippen LogP contribution in [0.25, 0.3) is 11.3 Å². The van der Waals surface area contributed by atoms with Crippen molar-refractivity contribution in [2.45, 2.75) is 24.5 Å². The van der Waals surface area contributed by atoms with Crippen LogP contribution in [0.2, 0.25) is 0 Å². The zero-order valence-corrected chi connectivity index (χ0v) is 19.0. The van der Waals surface area contributed by atoms with Crippen molar-refractivity contribution in [1.82, 2.24) is 4.90 Å². The Morgan fingerprint density at radius 3 is 2.49 bits per heavy atom. The van der Waals surface area contributed by atoms with Gasteiger partial charge in [-0.3, -0.25) is 19.3 Å². The number of aliphatic hydroxyl groups is 3. The van der Waals surface area contributed by atoms with Crippen LogP contribution in [0.5, 0.6) is 5.75 Å². The molecule has 4 atom stereocenters. The third-order valence-corrected chi connectivity index (χ3v) is 7.39. The van der Waals surface area contributed by atoms with Crippen molar-refractivity contribution >= 4 is 17.5 Å². The molecule has 0 spiro atoms. The van der Waals surface area contributed by atoms with Gasteiger partial charge in [-0.25, -0.2) is 0 Å². The molecule has 0 radical (unpaired) electrons. The molecule has 3 aliphatic rings. The number of furan rings is 1. The highest BCUT2D eigenvalue weighted by Crippen LogP contribution is 2.53. The first-order valence-corrected chi connectivity index (χ1v) is 11.0. The molecule has 10 heteroatoms. The number of allylic oxidation sites excluding steroid dienone is 1. The van der Waals surface area contributed by atoms with Crippen molar-refractivity contribution in [2.75, 3.05) is 14.1 Å². The number of carbonyl (C=O) groups is 3. The van der Waals surface area contributed by atoms with Crippen LogP contribution in [0, 0.1) is 11.8 Å². The maximum Gasteiger partial charge on any atom is 0.255 e. The molecule has 6 N–H and O–H groups in total. The average molecular weight is 480 g/mol. The third-order valence-electron chi connectivity index (χ3n) is 7.39. The Morgan fingerprint density at radius 2 is 1.89 bits per heavy atom. The number of Topliss-reactive ketones (excluding diaryl/α,β-unsaturated/α-hetero) is 2. The van der Waals surface area contributed by atoms with Crippen molar-refractivity contribution in [3.05, 3.63) is 64.3 Å². The number of aliphatic hydroxyl groups excluding tert-OH is 2. The summed E-state index contributed by atoms with van der Waals surface area (Å²) in [6, 6.07) is 5.35. The van der Waals surface area contributed by atoms with E-state index in [9.17, 15) is 34.8 Å². The summed E-state index contributed by atoms with van der Waals surface area (Å²) >= 11 is 0. The van der Waals surface area contributed by atoms with Crippen LogP contribution in [0.4, 0.5) is 0 Å². The molecule has 10 nitrogen and oxygen atoms in total. The van der Waals surface area contributed by atoms with Gasteiger partial charge in [-0.2, -0.15) is 0 Å². The number of phenols is 1. The lowest BCUT2D eigenvalue weighted by Crippen LogP contribution is -2.63. The average Bonchev–Trinajstić information content (AvgIpc) is 3.30. The number of nitrogens with zero attached hydrogens (tertiary/aromatic N) is 1. The van der Waals surface area contributed by atoms with Gasteiger partial charge in [-0.15, -0.1) is 0 Å². The highest BCUT2D eigenvalue weighted by Gasteiger charge is 2.63. The van der Waals surface area contributed by atoms with Crippen LogP contribution < -0.4 is 5.73 Å². The van der Waals surface area contributed by atoms with Crippen LogP contribution in [-0.4, -0.2) is 68.5 Å². The molecule has 182 valence electrons. The number of nitrogens with two attached hydrogens (primary N) is 1. The van der Waals surface area contributed by atoms with Crippen molar-refractivity contribution < 1.29 is 39.2 Å². The number of hydrogen-bond acceptors (Lipinski definition) is 9. The van der Waals surface area contributed by atoms with Gasteiger partial charge in [0.1, 0.15) is 28.6 Å². The lowest BCUT2D eigenvalue weighted by Gasteiger charge is -2.50. The van der Waals surface area contributed by atoms with Gasteiger partial charge in [0.25, 0.3) is 5.91 Å². The number of rotatable bonds is 3. The number of carbonyl (C=O) groups excluding carboxylic acids is 3. The zero-order chi connectivity index (χ0) is 25.4. The Bertz CT molecular complexity index is 1350. The SMILES string of the molecule is CN(C)[C@H]1C(O)=C(C(N)=O)C(=O)[C@]2(O)C(O)=C3C(=O)c4c(O)ccc(-c5ccco5)c4C[C@@H]3C[C@H]12. The number of likely N-dealkylation sites (N-methyl/N-ethyl adjacent to an activating group) is 1. The monoisotopic (exact) mass is 480 g/mol. The van der Waals surface area contributed by atoms with Crippen molar-refractivity contribution in [3.8, 4) is 17.1 Å². The number of phenolic OH excluding ortho intramolecular Hbond substituents is 1. The van der Waals surface area contributed by atoms with E-state index in [-0.39, 0.29) is 29.7 Å². The van der Waals surface area contributed by atoms with E-state index in [2.05, 4.69) is 0 Å². The van der Waals surface area contributed by atoms with E-state index in [1.54, 1.807) is 32.3 Å². The first-order valence-electron chi connectivity index (χ1n) is 11.0. The lowest BCUT2D eigenvalue weighted by atomic mass is 9.58.